The molecule has 5 rings (SSSR count). The summed E-state index contributed by atoms with van der Waals surface area (Å²) in [5.41, 5.74) is 9.83. The Balaban J connectivity index is 1.50. The van der Waals surface area contributed by atoms with Gasteiger partial charge in [-0.2, -0.15) is 0 Å². The van der Waals surface area contributed by atoms with E-state index in [0.717, 1.165) is 27.6 Å². The Labute approximate surface area is 217 Å². The van der Waals surface area contributed by atoms with Gasteiger partial charge in [0.05, 0.1) is 0 Å². The number of benzene rings is 3. The molecular formula is C29H22ClFN4O2. The molecule has 0 atom stereocenters. The normalized spacial score (nSPS) is 10.9. The van der Waals surface area contributed by atoms with Gasteiger partial charge in [-0.05, 0) is 83.8 Å². The summed E-state index contributed by atoms with van der Waals surface area (Å²) in [6, 6.07) is 23.1. The summed E-state index contributed by atoms with van der Waals surface area (Å²) in [5.74, 6) is -1.18. The predicted octanol–water partition coefficient (Wildman–Crippen LogP) is 5.93. The minimum atomic E-state index is -0.466. The standard InChI is InChI=1S/C29H22ClFN4O2/c1-18-14-21(4-8-25(18)31)22-5-9-26-23(15-22)16-27(35(26)17-19-2-6-24(30)7-3-19)29(37)34-33-28(36)20-10-12-32-13-11-20/h2-16H,17H2,1H3,(H,33,36)(H,34,37). The monoisotopic (exact) mass is 512 g/mol. The molecule has 0 spiro atoms. The molecule has 37 heavy (non-hydrogen) atoms. The molecule has 0 saturated carbocycles. The molecule has 0 fully saturated rings. The fourth-order valence-electron chi connectivity index (χ4n) is 4.16. The average Bonchev–Trinajstić information content (AvgIpc) is 3.28. The highest BCUT2D eigenvalue weighted by atomic mass is 35.5. The maximum atomic E-state index is 13.8. The predicted molar refractivity (Wildman–Crippen MR) is 142 cm³/mol. The van der Waals surface area contributed by atoms with Gasteiger partial charge in [0, 0.05) is 40.4 Å². The number of hydrazine groups is 1. The minimum Gasteiger partial charge on any atom is -0.332 e. The molecule has 0 unspecified atom stereocenters. The summed E-state index contributed by atoms with van der Waals surface area (Å²) in [5, 5.41) is 1.45. The SMILES string of the molecule is Cc1cc(-c2ccc3c(c2)cc(C(=O)NNC(=O)c2ccncc2)n3Cc2ccc(Cl)cc2)ccc1F. The third-order valence-electron chi connectivity index (χ3n) is 6.11. The summed E-state index contributed by atoms with van der Waals surface area (Å²) in [7, 11) is 0. The zero-order valence-electron chi connectivity index (χ0n) is 19.8. The molecule has 2 heterocycles. The van der Waals surface area contributed by atoms with Crippen LogP contribution in [-0.4, -0.2) is 21.4 Å². The van der Waals surface area contributed by atoms with Crippen LogP contribution in [0.25, 0.3) is 22.0 Å². The number of hydrogen-bond acceptors (Lipinski definition) is 3. The van der Waals surface area contributed by atoms with Gasteiger partial charge in [-0.3, -0.25) is 25.4 Å². The van der Waals surface area contributed by atoms with E-state index in [4.69, 9.17) is 11.6 Å². The first kappa shape index (κ1) is 24.2. The number of aromatic nitrogens is 2. The number of hydrogen-bond donors (Lipinski definition) is 2. The van der Waals surface area contributed by atoms with Gasteiger partial charge in [0.2, 0.25) is 0 Å². The molecule has 0 aliphatic heterocycles. The van der Waals surface area contributed by atoms with Gasteiger partial charge in [0.15, 0.2) is 0 Å². The summed E-state index contributed by atoms with van der Waals surface area (Å²) in [6.07, 6.45) is 3.00. The van der Waals surface area contributed by atoms with Crippen molar-refractivity contribution in [2.24, 2.45) is 0 Å². The van der Waals surface area contributed by atoms with Crippen LogP contribution in [0.3, 0.4) is 0 Å². The van der Waals surface area contributed by atoms with E-state index >= 15 is 0 Å². The third-order valence-corrected chi connectivity index (χ3v) is 6.36. The Morgan fingerprint density at radius 2 is 1.54 bits per heavy atom. The summed E-state index contributed by atoms with van der Waals surface area (Å²) >= 11 is 6.05. The van der Waals surface area contributed by atoms with Crippen molar-refractivity contribution in [2.75, 3.05) is 0 Å². The maximum absolute atomic E-state index is 13.8. The van der Waals surface area contributed by atoms with Crippen molar-refractivity contribution in [2.45, 2.75) is 13.5 Å². The van der Waals surface area contributed by atoms with Crippen molar-refractivity contribution < 1.29 is 14.0 Å². The number of amides is 2. The van der Waals surface area contributed by atoms with Gasteiger partial charge >= 0.3 is 0 Å². The van der Waals surface area contributed by atoms with E-state index in [9.17, 15) is 14.0 Å². The minimum absolute atomic E-state index is 0.258. The Morgan fingerprint density at radius 3 is 2.27 bits per heavy atom. The molecule has 0 aliphatic carbocycles. The van der Waals surface area contributed by atoms with Crippen molar-refractivity contribution in [1.82, 2.24) is 20.4 Å². The number of fused-ring (bicyclic) bond motifs is 1. The number of halogens is 2. The van der Waals surface area contributed by atoms with Crippen molar-refractivity contribution in [3.05, 3.63) is 124 Å². The average molecular weight is 513 g/mol. The van der Waals surface area contributed by atoms with E-state index in [0.29, 0.717) is 28.4 Å². The first-order chi connectivity index (χ1) is 17.9. The van der Waals surface area contributed by atoms with E-state index in [1.165, 1.54) is 18.5 Å². The molecule has 6 nitrogen and oxygen atoms in total. The number of aryl methyl sites for hydroxylation is 1. The van der Waals surface area contributed by atoms with Crippen molar-refractivity contribution in [3.63, 3.8) is 0 Å². The highest BCUT2D eigenvalue weighted by molar-refractivity contribution is 6.30. The van der Waals surface area contributed by atoms with Crippen LogP contribution < -0.4 is 10.9 Å². The van der Waals surface area contributed by atoms with Crippen molar-refractivity contribution in [1.29, 1.82) is 0 Å². The highest BCUT2D eigenvalue weighted by Gasteiger charge is 2.18. The lowest BCUT2D eigenvalue weighted by atomic mass is 10.0. The molecule has 2 aromatic heterocycles. The molecule has 0 radical (unpaired) electrons. The lowest BCUT2D eigenvalue weighted by Gasteiger charge is -2.12. The lowest BCUT2D eigenvalue weighted by Crippen LogP contribution is -2.42. The van der Waals surface area contributed by atoms with Gasteiger partial charge in [0.1, 0.15) is 11.5 Å². The van der Waals surface area contributed by atoms with E-state index in [1.54, 1.807) is 49.4 Å². The Bertz CT molecular complexity index is 1620. The highest BCUT2D eigenvalue weighted by Crippen LogP contribution is 2.29. The van der Waals surface area contributed by atoms with Crippen LogP contribution in [0.4, 0.5) is 4.39 Å². The van der Waals surface area contributed by atoms with Crippen LogP contribution in [0.15, 0.2) is 91.3 Å². The van der Waals surface area contributed by atoms with Crippen molar-refractivity contribution >= 4 is 34.3 Å². The fourth-order valence-corrected chi connectivity index (χ4v) is 4.28. The second kappa shape index (κ2) is 10.2. The molecule has 5 aromatic rings. The van der Waals surface area contributed by atoms with Gasteiger partial charge in [-0.1, -0.05) is 35.9 Å². The largest absolute Gasteiger partial charge is 0.332 e. The second-order valence-electron chi connectivity index (χ2n) is 8.62. The maximum Gasteiger partial charge on any atom is 0.286 e. The van der Waals surface area contributed by atoms with Crippen molar-refractivity contribution in [3.8, 4) is 11.1 Å². The van der Waals surface area contributed by atoms with E-state index in [2.05, 4.69) is 15.8 Å². The summed E-state index contributed by atoms with van der Waals surface area (Å²) in [4.78, 5) is 29.5. The summed E-state index contributed by atoms with van der Waals surface area (Å²) in [6.45, 7) is 2.14. The van der Waals surface area contributed by atoms with Gasteiger partial charge in [-0.15, -0.1) is 0 Å². The molecule has 3 aromatic carbocycles. The van der Waals surface area contributed by atoms with E-state index < -0.39 is 11.8 Å². The molecule has 8 heteroatoms. The van der Waals surface area contributed by atoms with E-state index in [1.807, 2.05) is 34.9 Å². The Hall–Kier alpha value is -4.49. The van der Waals surface area contributed by atoms with Crippen LogP contribution in [0.1, 0.15) is 32.0 Å². The molecular weight excluding hydrogens is 491 g/mol. The molecule has 2 N–H and O–H groups in total. The molecule has 0 bridgehead atoms. The zero-order valence-corrected chi connectivity index (χ0v) is 20.6. The third kappa shape index (κ3) is 5.22. The van der Waals surface area contributed by atoms with Crippen LogP contribution in [0.2, 0.25) is 5.02 Å². The fraction of sp³-hybridized carbons (Fsp3) is 0.0690. The zero-order chi connectivity index (χ0) is 25.9. The van der Waals surface area contributed by atoms with Crippen LogP contribution in [0, 0.1) is 12.7 Å². The number of pyridine rings is 1. The van der Waals surface area contributed by atoms with Crippen LogP contribution >= 0.6 is 11.6 Å². The smallest absolute Gasteiger partial charge is 0.286 e. The first-order valence-electron chi connectivity index (χ1n) is 11.5. The Kier molecular flexibility index (Phi) is 6.70. The molecule has 184 valence electrons. The molecule has 0 aliphatic rings. The van der Waals surface area contributed by atoms with E-state index in [-0.39, 0.29) is 5.82 Å². The van der Waals surface area contributed by atoms with Crippen LogP contribution in [0.5, 0.6) is 0 Å². The van der Waals surface area contributed by atoms with Gasteiger partial charge in [0.25, 0.3) is 11.8 Å². The first-order valence-corrected chi connectivity index (χ1v) is 11.9. The van der Waals surface area contributed by atoms with Gasteiger partial charge < -0.3 is 4.57 Å². The number of carbonyl (C=O) groups is 2. The number of rotatable bonds is 5. The lowest BCUT2D eigenvalue weighted by molar-refractivity contribution is 0.0842. The number of nitrogens with zero attached hydrogens (tertiary/aromatic N) is 2. The number of carbonyl (C=O) groups excluding carboxylic acids is 2. The van der Waals surface area contributed by atoms with Crippen LogP contribution in [-0.2, 0) is 6.54 Å². The molecule has 2 amide bonds. The second-order valence-corrected chi connectivity index (χ2v) is 9.06. The number of nitrogens with one attached hydrogen (secondary N) is 2. The topological polar surface area (TPSA) is 76.0 Å². The Morgan fingerprint density at radius 1 is 0.865 bits per heavy atom. The quantitative estimate of drug-likeness (QED) is 0.287. The van der Waals surface area contributed by atoms with Gasteiger partial charge in [-0.25, -0.2) is 4.39 Å². The summed E-state index contributed by atoms with van der Waals surface area (Å²) < 4.78 is 15.7. The molecule has 0 saturated heterocycles.